The topological polar surface area (TPSA) is 51.2 Å². The molecule has 0 fully saturated rings. The fourth-order valence-corrected chi connectivity index (χ4v) is 2.08. The van der Waals surface area contributed by atoms with Crippen LogP contribution in [0.15, 0.2) is 42.7 Å². The molecule has 0 radical (unpaired) electrons. The van der Waals surface area contributed by atoms with Crippen molar-refractivity contribution in [1.29, 1.82) is 0 Å². The molecule has 4 nitrogen and oxygen atoms in total. The highest BCUT2D eigenvalue weighted by molar-refractivity contribution is 5.81. The van der Waals surface area contributed by atoms with Crippen LogP contribution in [0.3, 0.4) is 0 Å². The fraction of sp³-hybridized carbons (Fsp3) is 0.294. The van der Waals surface area contributed by atoms with Crippen LogP contribution in [0.4, 0.5) is 5.69 Å². The van der Waals surface area contributed by atoms with Crippen molar-refractivity contribution >= 4 is 11.7 Å². The highest BCUT2D eigenvalue weighted by Crippen LogP contribution is 2.23. The second-order valence-electron chi connectivity index (χ2n) is 4.93. The van der Waals surface area contributed by atoms with Gasteiger partial charge in [-0.1, -0.05) is 17.7 Å². The van der Waals surface area contributed by atoms with Crippen LogP contribution in [-0.4, -0.2) is 17.6 Å². The second kappa shape index (κ2) is 6.88. The minimum atomic E-state index is -0.554. The molecule has 1 aromatic carbocycles. The smallest absolute Gasteiger partial charge is 0.333 e. The summed E-state index contributed by atoms with van der Waals surface area (Å²) in [6, 6.07) is 9.24. The molecule has 21 heavy (non-hydrogen) atoms. The van der Waals surface area contributed by atoms with Gasteiger partial charge < -0.3 is 10.1 Å². The largest absolute Gasteiger partial charge is 0.464 e. The lowest BCUT2D eigenvalue weighted by Crippen LogP contribution is -2.24. The number of carbonyl (C=O) groups is 1. The van der Waals surface area contributed by atoms with Crippen LogP contribution in [0.2, 0.25) is 0 Å². The van der Waals surface area contributed by atoms with Crippen LogP contribution < -0.4 is 5.32 Å². The van der Waals surface area contributed by atoms with Gasteiger partial charge in [0, 0.05) is 23.6 Å². The van der Waals surface area contributed by atoms with E-state index < -0.39 is 6.04 Å². The van der Waals surface area contributed by atoms with Crippen molar-refractivity contribution in [2.45, 2.75) is 26.8 Å². The SMILES string of the molecule is CCOC(=O)C(Nc1ccc(C)cc1)c1cnccc1C. The molecule has 0 saturated carbocycles. The van der Waals surface area contributed by atoms with Crippen LogP contribution in [0.5, 0.6) is 0 Å². The van der Waals surface area contributed by atoms with Gasteiger partial charge >= 0.3 is 5.97 Å². The molecule has 1 N–H and O–H groups in total. The summed E-state index contributed by atoms with van der Waals surface area (Å²) in [6.45, 7) is 6.14. The summed E-state index contributed by atoms with van der Waals surface area (Å²) in [5.74, 6) is -0.297. The number of benzene rings is 1. The second-order valence-corrected chi connectivity index (χ2v) is 4.93. The summed E-state index contributed by atoms with van der Waals surface area (Å²) in [5, 5.41) is 3.23. The predicted molar refractivity (Wildman–Crippen MR) is 83.1 cm³/mol. The van der Waals surface area contributed by atoms with Gasteiger partial charge in [0.15, 0.2) is 6.04 Å². The molecule has 1 heterocycles. The summed E-state index contributed by atoms with van der Waals surface area (Å²) in [4.78, 5) is 16.4. The number of hydrogen-bond donors (Lipinski definition) is 1. The Morgan fingerprint density at radius 2 is 1.95 bits per heavy atom. The first-order chi connectivity index (χ1) is 10.1. The molecular weight excluding hydrogens is 264 g/mol. The van der Waals surface area contributed by atoms with Gasteiger partial charge in [0.2, 0.25) is 0 Å². The Hall–Kier alpha value is -2.36. The van der Waals surface area contributed by atoms with Crippen molar-refractivity contribution in [2.75, 3.05) is 11.9 Å². The van der Waals surface area contributed by atoms with Gasteiger partial charge in [-0.3, -0.25) is 4.98 Å². The predicted octanol–water partition coefficient (Wildman–Crippen LogP) is 3.41. The molecule has 0 spiro atoms. The number of aromatic nitrogens is 1. The van der Waals surface area contributed by atoms with Crippen molar-refractivity contribution in [2.24, 2.45) is 0 Å². The van der Waals surface area contributed by atoms with Crippen molar-refractivity contribution in [3.63, 3.8) is 0 Å². The molecule has 2 aromatic rings. The lowest BCUT2D eigenvalue weighted by atomic mass is 10.0. The normalized spacial score (nSPS) is 11.8. The number of nitrogens with one attached hydrogen (secondary N) is 1. The van der Waals surface area contributed by atoms with Gasteiger partial charge in [0.25, 0.3) is 0 Å². The van der Waals surface area contributed by atoms with E-state index in [0.717, 1.165) is 16.8 Å². The number of rotatable bonds is 5. The number of carbonyl (C=O) groups excluding carboxylic acids is 1. The van der Waals surface area contributed by atoms with Crippen LogP contribution in [-0.2, 0) is 9.53 Å². The van der Waals surface area contributed by atoms with E-state index in [2.05, 4.69) is 10.3 Å². The Kier molecular flexibility index (Phi) is 4.93. The molecule has 0 bridgehead atoms. The number of aryl methyl sites for hydroxylation is 2. The Balaban J connectivity index is 2.30. The van der Waals surface area contributed by atoms with E-state index in [-0.39, 0.29) is 5.97 Å². The molecule has 1 unspecified atom stereocenters. The van der Waals surface area contributed by atoms with E-state index in [1.165, 1.54) is 5.56 Å². The molecule has 0 saturated heterocycles. The summed E-state index contributed by atoms with van der Waals surface area (Å²) in [5.41, 5.74) is 3.88. The van der Waals surface area contributed by atoms with Crippen LogP contribution in [0, 0.1) is 13.8 Å². The minimum Gasteiger partial charge on any atom is -0.464 e. The van der Waals surface area contributed by atoms with Gasteiger partial charge in [-0.2, -0.15) is 0 Å². The van der Waals surface area contributed by atoms with Crippen molar-refractivity contribution < 1.29 is 9.53 Å². The van der Waals surface area contributed by atoms with Crippen molar-refractivity contribution in [3.8, 4) is 0 Å². The molecule has 4 heteroatoms. The minimum absolute atomic E-state index is 0.297. The van der Waals surface area contributed by atoms with E-state index in [9.17, 15) is 4.79 Å². The number of nitrogens with zero attached hydrogens (tertiary/aromatic N) is 1. The van der Waals surface area contributed by atoms with Gasteiger partial charge in [0.05, 0.1) is 6.61 Å². The molecule has 110 valence electrons. The molecule has 0 aliphatic carbocycles. The summed E-state index contributed by atoms with van der Waals surface area (Å²) in [6.07, 6.45) is 3.42. The monoisotopic (exact) mass is 284 g/mol. The number of pyridine rings is 1. The van der Waals surface area contributed by atoms with Gasteiger partial charge in [-0.05, 0) is 44.5 Å². The number of hydrogen-bond acceptors (Lipinski definition) is 4. The van der Waals surface area contributed by atoms with E-state index >= 15 is 0 Å². The molecule has 1 aromatic heterocycles. The maximum atomic E-state index is 12.3. The zero-order chi connectivity index (χ0) is 15.2. The fourth-order valence-electron chi connectivity index (χ4n) is 2.08. The van der Waals surface area contributed by atoms with E-state index in [0.29, 0.717) is 6.61 Å². The van der Waals surface area contributed by atoms with Crippen molar-refractivity contribution in [1.82, 2.24) is 4.98 Å². The van der Waals surface area contributed by atoms with Gasteiger partial charge in [0.1, 0.15) is 0 Å². The Bertz CT molecular complexity index is 608. The first kappa shape index (κ1) is 15.0. The van der Waals surface area contributed by atoms with Crippen LogP contribution >= 0.6 is 0 Å². The highest BCUT2D eigenvalue weighted by Gasteiger charge is 2.23. The van der Waals surface area contributed by atoms with E-state index in [4.69, 9.17) is 4.74 Å². The maximum absolute atomic E-state index is 12.3. The molecule has 0 aliphatic heterocycles. The third kappa shape index (κ3) is 3.81. The Morgan fingerprint density at radius 3 is 2.57 bits per heavy atom. The third-order valence-corrected chi connectivity index (χ3v) is 3.28. The Labute approximate surface area is 125 Å². The Morgan fingerprint density at radius 1 is 1.24 bits per heavy atom. The lowest BCUT2D eigenvalue weighted by Gasteiger charge is -2.20. The molecular formula is C17H20N2O2. The van der Waals surface area contributed by atoms with Crippen molar-refractivity contribution in [3.05, 3.63) is 59.4 Å². The first-order valence-electron chi connectivity index (χ1n) is 7.02. The number of anilines is 1. The zero-order valence-electron chi connectivity index (χ0n) is 12.6. The van der Waals surface area contributed by atoms with Gasteiger partial charge in [-0.15, -0.1) is 0 Å². The summed E-state index contributed by atoms with van der Waals surface area (Å²) >= 11 is 0. The summed E-state index contributed by atoms with van der Waals surface area (Å²) < 4.78 is 5.18. The summed E-state index contributed by atoms with van der Waals surface area (Å²) in [7, 11) is 0. The van der Waals surface area contributed by atoms with E-state index in [1.54, 1.807) is 19.3 Å². The zero-order valence-corrected chi connectivity index (χ0v) is 12.6. The van der Waals surface area contributed by atoms with Gasteiger partial charge in [-0.25, -0.2) is 4.79 Å². The first-order valence-corrected chi connectivity index (χ1v) is 7.02. The molecule has 0 amide bonds. The number of ether oxygens (including phenoxy) is 1. The van der Waals surface area contributed by atoms with E-state index in [1.807, 2.05) is 44.2 Å². The standard InChI is InChI=1S/C17H20N2O2/c1-4-21-17(20)16(15-11-18-10-9-13(15)3)19-14-7-5-12(2)6-8-14/h5-11,16,19H,4H2,1-3H3. The maximum Gasteiger partial charge on any atom is 0.333 e. The number of esters is 1. The lowest BCUT2D eigenvalue weighted by molar-refractivity contribution is -0.144. The average Bonchev–Trinajstić information content (AvgIpc) is 2.48. The third-order valence-electron chi connectivity index (χ3n) is 3.28. The quantitative estimate of drug-likeness (QED) is 0.855. The highest BCUT2D eigenvalue weighted by atomic mass is 16.5. The molecule has 0 aliphatic rings. The average molecular weight is 284 g/mol. The van der Waals surface area contributed by atoms with Crippen LogP contribution in [0.25, 0.3) is 0 Å². The molecule has 2 rings (SSSR count). The molecule has 1 atom stereocenters. The van der Waals surface area contributed by atoms with Crippen LogP contribution in [0.1, 0.15) is 29.7 Å².